The average Bonchev–Trinajstić information content (AvgIpc) is 2.93. The number of hydrogen-bond acceptors (Lipinski definition) is 5. The van der Waals surface area contributed by atoms with Gasteiger partial charge in [-0.2, -0.15) is 14.0 Å². The Balaban J connectivity index is 2.13. The molecule has 0 aliphatic rings. The number of nitrogens with one attached hydrogen (secondary N) is 1. The van der Waals surface area contributed by atoms with Gasteiger partial charge >= 0.3 is 0 Å². The lowest BCUT2D eigenvalue weighted by Crippen LogP contribution is -2.00. The van der Waals surface area contributed by atoms with E-state index < -0.39 is 17.3 Å². The predicted molar refractivity (Wildman–Crippen MR) is 76.8 cm³/mol. The minimum absolute atomic E-state index is 0.102. The molecule has 104 valence electrons. The van der Waals surface area contributed by atoms with Gasteiger partial charge in [-0.1, -0.05) is 11.6 Å². The molecule has 0 aliphatic carbocycles. The highest BCUT2D eigenvalue weighted by molar-refractivity contribution is 7.00. The van der Waals surface area contributed by atoms with E-state index in [4.69, 9.17) is 16.9 Å². The summed E-state index contributed by atoms with van der Waals surface area (Å²) in [5.74, 6) is -1.77. The topological polar surface area (TPSA) is 61.6 Å². The molecule has 4 nitrogen and oxygen atoms in total. The van der Waals surface area contributed by atoms with Gasteiger partial charge in [-0.15, -0.1) is 0 Å². The van der Waals surface area contributed by atoms with E-state index in [1.807, 2.05) is 0 Å². The first-order valence-electron chi connectivity index (χ1n) is 5.67. The molecule has 0 unspecified atom stereocenters. The molecule has 1 aromatic heterocycles. The summed E-state index contributed by atoms with van der Waals surface area (Å²) in [4.78, 5) is 0. The van der Waals surface area contributed by atoms with Gasteiger partial charge in [0.2, 0.25) is 0 Å². The van der Waals surface area contributed by atoms with Crippen LogP contribution in [-0.2, 0) is 0 Å². The second-order valence-corrected chi connectivity index (χ2v) is 5.04. The van der Waals surface area contributed by atoms with Crippen molar-refractivity contribution in [3.63, 3.8) is 0 Å². The molecule has 0 fully saturated rings. The molecule has 0 radical (unpaired) electrons. The molecule has 0 atom stereocenters. The highest BCUT2D eigenvalue weighted by Crippen LogP contribution is 2.34. The van der Waals surface area contributed by atoms with Crippen LogP contribution in [0.1, 0.15) is 5.56 Å². The van der Waals surface area contributed by atoms with Crippen LogP contribution in [0.3, 0.4) is 0 Å². The third-order valence-electron chi connectivity index (χ3n) is 2.80. The Morgan fingerprint density at radius 2 is 1.86 bits per heavy atom. The van der Waals surface area contributed by atoms with Gasteiger partial charge < -0.3 is 5.32 Å². The lowest BCUT2D eigenvalue weighted by atomic mass is 10.2. The normalized spacial score (nSPS) is 10.6. The molecule has 1 heterocycles. The minimum atomic E-state index is -0.886. The Bertz CT molecular complexity index is 864. The lowest BCUT2D eigenvalue weighted by Gasteiger charge is -2.11. The summed E-state index contributed by atoms with van der Waals surface area (Å²) in [5, 5.41) is 11.5. The van der Waals surface area contributed by atoms with E-state index in [-0.39, 0.29) is 16.3 Å². The fourth-order valence-corrected chi connectivity index (χ4v) is 2.57. The average molecular weight is 323 g/mol. The second kappa shape index (κ2) is 5.24. The van der Waals surface area contributed by atoms with Gasteiger partial charge in [-0.05, 0) is 24.3 Å². The summed E-state index contributed by atoms with van der Waals surface area (Å²) in [5.41, 5.74) is 0.772. The maximum Gasteiger partial charge on any atom is 0.150 e. The van der Waals surface area contributed by atoms with E-state index in [9.17, 15) is 8.78 Å². The van der Waals surface area contributed by atoms with Gasteiger partial charge in [0.1, 0.15) is 16.7 Å². The van der Waals surface area contributed by atoms with Crippen LogP contribution in [0, 0.1) is 23.0 Å². The Morgan fingerprint density at radius 1 is 1.14 bits per heavy atom. The van der Waals surface area contributed by atoms with Gasteiger partial charge in [0.05, 0.1) is 34.1 Å². The van der Waals surface area contributed by atoms with Crippen molar-refractivity contribution in [1.29, 1.82) is 5.26 Å². The van der Waals surface area contributed by atoms with Crippen molar-refractivity contribution in [2.24, 2.45) is 0 Å². The lowest BCUT2D eigenvalue weighted by molar-refractivity contribution is 0.590. The number of benzene rings is 2. The van der Waals surface area contributed by atoms with Crippen LogP contribution in [0.5, 0.6) is 0 Å². The molecule has 8 heteroatoms. The van der Waals surface area contributed by atoms with Gasteiger partial charge in [0.25, 0.3) is 0 Å². The summed E-state index contributed by atoms with van der Waals surface area (Å²) in [7, 11) is 0. The summed E-state index contributed by atoms with van der Waals surface area (Å²) in [6, 6.07) is 6.80. The smallest absolute Gasteiger partial charge is 0.150 e. The molecular weight excluding hydrogens is 318 g/mol. The van der Waals surface area contributed by atoms with Gasteiger partial charge in [0, 0.05) is 0 Å². The molecule has 0 saturated heterocycles. The van der Waals surface area contributed by atoms with E-state index >= 15 is 0 Å². The SMILES string of the molecule is N#Cc1cc(F)c(Nc2c(Cl)ccc3nsnc23)c(F)c1. The van der Waals surface area contributed by atoms with Crippen molar-refractivity contribution in [2.45, 2.75) is 0 Å². The zero-order valence-electron chi connectivity index (χ0n) is 10.2. The maximum atomic E-state index is 13.9. The monoisotopic (exact) mass is 322 g/mol. The molecule has 0 saturated carbocycles. The quantitative estimate of drug-likeness (QED) is 0.766. The standard InChI is InChI=1S/C13H5ClF2N4S/c14-7-1-2-10-13(20-21-19-10)11(7)18-12-8(15)3-6(5-17)4-9(12)16/h1-4,18H. The van der Waals surface area contributed by atoms with E-state index in [0.717, 1.165) is 23.9 Å². The summed E-state index contributed by atoms with van der Waals surface area (Å²) in [6.45, 7) is 0. The molecule has 0 spiro atoms. The summed E-state index contributed by atoms with van der Waals surface area (Å²) >= 11 is 7.02. The third kappa shape index (κ3) is 2.39. The number of halogens is 3. The largest absolute Gasteiger partial charge is 0.348 e. The Hall–Kier alpha value is -2.30. The van der Waals surface area contributed by atoms with Crippen LogP contribution in [0.15, 0.2) is 24.3 Å². The first-order chi connectivity index (χ1) is 10.1. The first-order valence-corrected chi connectivity index (χ1v) is 6.78. The van der Waals surface area contributed by atoms with E-state index in [1.54, 1.807) is 18.2 Å². The molecule has 0 amide bonds. The van der Waals surface area contributed by atoms with Crippen LogP contribution >= 0.6 is 23.3 Å². The number of hydrogen-bond donors (Lipinski definition) is 1. The van der Waals surface area contributed by atoms with Gasteiger partial charge in [-0.25, -0.2) is 8.78 Å². The summed E-state index contributed by atoms with van der Waals surface area (Å²) < 4.78 is 35.9. The molecule has 2 aromatic carbocycles. The molecule has 0 aliphatic heterocycles. The van der Waals surface area contributed by atoms with Gasteiger partial charge in [0.15, 0.2) is 11.6 Å². The van der Waals surface area contributed by atoms with Crippen molar-refractivity contribution in [3.8, 4) is 6.07 Å². The van der Waals surface area contributed by atoms with Crippen LogP contribution in [0.2, 0.25) is 5.02 Å². The fourth-order valence-electron chi connectivity index (χ4n) is 1.83. The maximum absolute atomic E-state index is 13.9. The van der Waals surface area contributed by atoms with Crippen LogP contribution in [-0.4, -0.2) is 8.75 Å². The van der Waals surface area contributed by atoms with Crippen molar-refractivity contribution in [1.82, 2.24) is 8.75 Å². The highest BCUT2D eigenvalue weighted by atomic mass is 35.5. The van der Waals surface area contributed by atoms with Crippen LogP contribution in [0.4, 0.5) is 20.2 Å². The van der Waals surface area contributed by atoms with Crippen molar-refractivity contribution >= 4 is 45.7 Å². The Morgan fingerprint density at radius 3 is 2.52 bits per heavy atom. The number of fused-ring (bicyclic) bond motifs is 1. The molecule has 1 N–H and O–H groups in total. The van der Waals surface area contributed by atoms with Crippen LogP contribution < -0.4 is 5.32 Å². The molecule has 21 heavy (non-hydrogen) atoms. The number of nitrogens with zero attached hydrogens (tertiary/aromatic N) is 3. The number of nitriles is 1. The molecule has 3 aromatic rings. The molecule has 3 rings (SSSR count). The number of aromatic nitrogens is 2. The van der Waals surface area contributed by atoms with Crippen LogP contribution in [0.25, 0.3) is 11.0 Å². The highest BCUT2D eigenvalue weighted by Gasteiger charge is 2.16. The Kier molecular flexibility index (Phi) is 3.41. The van der Waals surface area contributed by atoms with E-state index in [1.165, 1.54) is 0 Å². The predicted octanol–water partition coefficient (Wildman–Crippen LogP) is 4.24. The first kappa shape index (κ1) is 13.7. The van der Waals surface area contributed by atoms with E-state index in [0.29, 0.717) is 11.0 Å². The van der Waals surface area contributed by atoms with Crippen molar-refractivity contribution < 1.29 is 8.78 Å². The number of rotatable bonds is 2. The number of anilines is 2. The minimum Gasteiger partial charge on any atom is -0.348 e. The second-order valence-electron chi connectivity index (χ2n) is 4.11. The molecule has 0 bridgehead atoms. The van der Waals surface area contributed by atoms with Crippen molar-refractivity contribution in [2.75, 3.05) is 5.32 Å². The van der Waals surface area contributed by atoms with Crippen molar-refractivity contribution in [3.05, 3.63) is 46.5 Å². The zero-order valence-corrected chi connectivity index (χ0v) is 11.8. The summed E-state index contributed by atoms with van der Waals surface area (Å²) in [6.07, 6.45) is 0. The zero-order chi connectivity index (χ0) is 15.0. The van der Waals surface area contributed by atoms with Gasteiger partial charge in [-0.3, -0.25) is 0 Å². The fraction of sp³-hybridized carbons (Fsp3) is 0. The molecular formula is C13H5ClF2N4S. The Labute approximate surface area is 126 Å². The third-order valence-corrected chi connectivity index (χ3v) is 3.66. The van der Waals surface area contributed by atoms with E-state index in [2.05, 4.69) is 14.1 Å².